The van der Waals surface area contributed by atoms with E-state index in [1.54, 1.807) is 0 Å². The molecule has 2 fully saturated rings. The van der Waals surface area contributed by atoms with Crippen molar-refractivity contribution in [3.63, 3.8) is 0 Å². The maximum atomic E-state index is 12.5. The van der Waals surface area contributed by atoms with E-state index in [0.717, 1.165) is 43.3 Å². The van der Waals surface area contributed by atoms with E-state index in [1.165, 1.54) is 25.7 Å². The lowest BCUT2D eigenvalue weighted by atomic mass is 9.85. The fraction of sp³-hybridized carbons (Fsp3) is 0.810. The third-order valence-corrected chi connectivity index (χ3v) is 6.07. The quantitative estimate of drug-likeness (QED) is 0.500. The highest BCUT2D eigenvalue weighted by molar-refractivity contribution is 5.81. The number of nitrogens with zero attached hydrogens (tertiary/aromatic N) is 4. The average molecular weight is 404 g/mol. The normalized spacial score (nSPS) is 23.4. The van der Waals surface area contributed by atoms with Crippen molar-refractivity contribution >= 4 is 11.9 Å². The molecule has 0 spiro atoms. The Morgan fingerprint density at radius 3 is 2.45 bits per heavy atom. The second-order valence-corrected chi connectivity index (χ2v) is 8.88. The molecule has 2 atom stereocenters. The highest BCUT2D eigenvalue weighted by Gasteiger charge is 2.28. The van der Waals surface area contributed by atoms with Gasteiger partial charge in [-0.15, -0.1) is 10.2 Å². The molecule has 1 aromatic rings. The standard InChI is InChI=1S/C21H37N7O/c1-14(2)23-20(29)16-8-7-11-18(12-16)25-21(24-17-9-5-6-10-17)22-13-19-27-26-15(3)28(19)4/h14,16-18H,5-13H2,1-4H3,(H,23,29)(H2,22,24,25). The van der Waals surface area contributed by atoms with Crippen molar-refractivity contribution in [1.29, 1.82) is 0 Å². The van der Waals surface area contributed by atoms with Gasteiger partial charge in [0.05, 0.1) is 0 Å². The Hall–Kier alpha value is -2.12. The first-order valence-electron chi connectivity index (χ1n) is 11.1. The summed E-state index contributed by atoms with van der Waals surface area (Å²) in [7, 11) is 1.97. The summed E-state index contributed by atoms with van der Waals surface area (Å²) in [5.41, 5.74) is 0. The first-order valence-corrected chi connectivity index (χ1v) is 11.1. The maximum Gasteiger partial charge on any atom is 0.223 e. The molecule has 162 valence electrons. The summed E-state index contributed by atoms with van der Waals surface area (Å²) >= 11 is 0. The molecule has 0 saturated heterocycles. The molecule has 2 unspecified atom stereocenters. The molecule has 3 N–H and O–H groups in total. The first-order chi connectivity index (χ1) is 13.9. The van der Waals surface area contributed by atoms with E-state index in [0.29, 0.717) is 12.6 Å². The molecule has 2 aliphatic carbocycles. The van der Waals surface area contributed by atoms with Crippen LogP contribution in [0.25, 0.3) is 0 Å². The molecule has 2 aliphatic rings. The number of carbonyl (C=O) groups is 1. The van der Waals surface area contributed by atoms with Crippen LogP contribution in [0.3, 0.4) is 0 Å². The van der Waals surface area contributed by atoms with Gasteiger partial charge in [0, 0.05) is 31.1 Å². The molecular weight excluding hydrogens is 366 g/mol. The predicted octanol–water partition coefficient (Wildman–Crippen LogP) is 2.18. The topological polar surface area (TPSA) is 96.2 Å². The van der Waals surface area contributed by atoms with Gasteiger partial charge in [-0.05, 0) is 52.9 Å². The van der Waals surface area contributed by atoms with Crippen molar-refractivity contribution in [3.8, 4) is 0 Å². The van der Waals surface area contributed by atoms with E-state index in [-0.39, 0.29) is 23.9 Å². The van der Waals surface area contributed by atoms with E-state index >= 15 is 0 Å². The van der Waals surface area contributed by atoms with Crippen LogP contribution >= 0.6 is 0 Å². The zero-order valence-electron chi connectivity index (χ0n) is 18.4. The van der Waals surface area contributed by atoms with Gasteiger partial charge in [-0.2, -0.15) is 0 Å². The van der Waals surface area contributed by atoms with Crippen LogP contribution in [0.5, 0.6) is 0 Å². The summed E-state index contributed by atoms with van der Waals surface area (Å²) in [6, 6.07) is 0.929. The molecule has 3 rings (SSSR count). The number of hydrogen-bond donors (Lipinski definition) is 3. The van der Waals surface area contributed by atoms with E-state index in [2.05, 4.69) is 26.1 Å². The summed E-state index contributed by atoms with van der Waals surface area (Å²) in [6.45, 7) is 6.46. The van der Waals surface area contributed by atoms with Crippen LogP contribution in [0.2, 0.25) is 0 Å². The maximum absolute atomic E-state index is 12.5. The van der Waals surface area contributed by atoms with Gasteiger partial charge in [0.15, 0.2) is 11.8 Å². The molecule has 8 heteroatoms. The monoisotopic (exact) mass is 403 g/mol. The lowest BCUT2D eigenvalue weighted by Crippen LogP contribution is -2.49. The van der Waals surface area contributed by atoms with Crippen molar-refractivity contribution in [2.45, 2.75) is 96.8 Å². The smallest absolute Gasteiger partial charge is 0.223 e. The van der Waals surface area contributed by atoms with Gasteiger partial charge >= 0.3 is 0 Å². The van der Waals surface area contributed by atoms with Gasteiger partial charge in [0.25, 0.3) is 0 Å². The summed E-state index contributed by atoms with van der Waals surface area (Å²) in [5.74, 6) is 2.85. The molecule has 0 radical (unpaired) electrons. The Balaban J connectivity index is 1.64. The lowest BCUT2D eigenvalue weighted by molar-refractivity contribution is -0.126. The molecular formula is C21H37N7O. The minimum atomic E-state index is 0.0813. The molecule has 1 amide bonds. The second kappa shape index (κ2) is 10.1. The summed E-state index contributed by atoms with van der Waals surface area (Å²) in [6.07, 6.45) is 8.88. The molecule has 29 heavy (non-hydrogen) atoms. The number of aromatic nitrogens is 3. The van der Waals surface area contributed by atoms with Gasteiger partial charge in [0.1, 0.15) is 12.4 Å². The van der Waals surface area contributed by atoms with Crippen molar-refractivity contribution in [2.24, 2.45) is 18.0 Å². The van der Waals surface area contributed by atoms with Crippen molar-refractivity contribution in [3.05, 3.63) is 11.6 Å². The lowest BCUT2D eigenvalue weighted by Gasteiger charge is -2.31. The van der Waals surface area contributed by atoms with Crippen LogP contribution in [0.15, 0.2) is 4.99 Å². The van der Waals surface area contributed by atoms with Gasteiger partial charge in [0.2, 0.25) is 5.91 Å². The van der Waals surface area contributed by atoms with Crippen LogP contribution in [-0.4, -0.2) is 44.8 Å². The average Bonchev–Trinajstić information content (AvgIpc) is 3.30. The third kappa shape index (κ3) is 6.18. The van der Waals surface area contributed by atoms with Crippen molar-refractivity contribution in [1.82, 2.24) is 30.7 Å². The number of amides is 1. The first kappa shape index (κ1) is 21.6. The highest BCUT2D eigenvalue weighted by atomic mass is 16.1. The number of aryl methyl sites for hydroxylation is 1. The second-order valence-electron chi connectivity index (χ2n) is 8.88. The summed E-state index contributed by atoms with van der Waals surface area (Å²) < 4.78 is 1.98. The number of carbonyl (C=O) groups excluding carboxylic acids is 1. The van der Waals surface area contributed by atoms with Crippen LogP contribution in [0.1, 0.15) is 76.9 Å². The van der Waals surface area contributed by atoms with Gasteiger partial charge in [-0.25, -0.2) is 4.99 Å². The molecule has 1 aromatic heterocycles. The van der Waals surface area contributed by atoms with E-state index < -0.39 is 0 Å². The molecule has 0 bridgehead atoms. The van der Waals surface area contributed by atoms with Crippen LogP contribution in [-0.2, 0) is 18.4 Å². The van der Waals surface area contributed by atoms with Gasteiger partial charge < -0.3 is 20.5 Å². The number of nitrogens with one attached hydrogen (secondary N) is 3. The number of aliphatic imine (C=N–C) groups is 1. The van der Waals surface area contributed by atoms with Gasteiger partial charge in [-0.3, -0.25) is 4.79 Å². The Kier molecular flexibility index (Phi) is 7.50. The minimum Gasteiger partial charge on any atom is -0.354 e. The number of hydrogen-bond acceptors (Lipinski definition) is 4. The van der Waals surface area contributed by atoms with Crippen molar-refractivity contribution in [2.75, 3.05) is 0 Å². The van der Waals surface area contributed by atoms with Gasteiger partial charge in [-0.1, -0.05) is 19.3 Å². The zero-order chi connectivity index (χ0) is 20.8. The molecule has 0 aromatic carbocycles. The van der Waals surface area contributed by atoms with E-state index in [4.69, 9.17) is 4.99 Å². The van der Waals surface area contributed by atoms with E-state index in [9.17, 15) is 4.79 Å². The molecule has 2 saturated carbocycles. The number of guanidine groups is 1. The van der Waals surface area contributed by atoms with Crippen LogP contribution in [0.4, 0.5) is 0 Å². The van der Waals surface area contributed by atoms with E-state index in [1.807, 2.05) is 32.4 Å². The highest BCUT2D eigenvalue weighted by Crippen LogP contribution is 2.25. The summed E-state index contributed by atoms with van der Waals surface area (Å²) in [4.78, 5) is 17.3. The minimum absolute atomic E-state index is 0.0813. The fourth-order valence-corrected chi connectivity index (χ4v) is 4.29. The fourth-order valence-electron chi connectivity index (χ4n) is 4.29. The molecule has 8 nitrogen and oxygen atoms in total. The van der Waals surface area contributed by atoms with Crippen molar-refractivity contribution < 1.29 is 4.79 Å². The Bertz CT molecular complexity index is 706. The molecule has 0 aliphatic heterocycles. The SMILES string of the molecule is Cc1nnc(CN=C(NC2CCCC2)NC2CCCC(C(=O)NC(C)C)C2)n1C. The largest absolute Gasteiger partial charge is 0.354 e. The third-order valence-electron chi connectivity index (χ3n) is 6.07. The predicted molar refractivity (Wildman–Crippen MR) is 114 cm³/mol. The Labute approximate surface area is 174 Å². The van der Waals surface area contributed by atoms with Crippen LogP contribution < -0.4 is 16.0 Å². The Morgan fingerprint density at radius 1 is 1.10 bits per heavy atom. The Morgan fingerprint density at radius 2 is 1.79 bits per heavy atom. The number of rotatable bonds is 6. The molecule has 1 heterocycles. The van der Waals surface area contributed by atoms with Crippen LogP contribution in [0, 0.1) is 12.8 Å². The zero-order valence-corrected chi connectivity index (χ0v) is 18.4. The summed E-state index contributed by atoms with van der Waals surface area (Å²) in [5, 5.41) is 18.7.